The summed E-state index contributed by atoms with van der Waals surface area (Å²) >= 11 is 0. The minimum Gasteiger partial charge on any atom is -0.375 e. The highest BCUT2D eigenvalue weighted by Gasteiger charge is 2.26. The molecule has 2 aliphatic rings. The first-order valence-corrected chi connectivity index (χ1v) is 6.82. The first-order chi connectivity index (χ1) is 8.16. The first-order valence-electron chi connectivity index (χ1n) is 6.82. The molecule has 2 aliphatic heterocycles. The normalized spacial score (nSPS) is 34.0. The molecule has 2 saturated heterocycles. The molecule has 1 N–H and O–H groups in total. The molecule has 0 saturated carbocycles. The van der Waals surface area contributed by atoms with Gasteiger partial charge >= 0.3 is 0 Å². The van der Waals surface area contributed by atoms with Gasteiger partial charge in [0.05, 0.1) is 12.2 Å². The Morgan fingerprint density at radius 3 is 2.88 bits per heavy atom. The molecule has 4 heteroatoms. The van der Waals surface area contributed by atoms with Crippen LogP contribution < -0.4 is 5.32 Å². The Morgan fingerprint density at radius 2 is 2.24 bits per heavy atom. The molecule has 2 heterocycles. The third kappa shape index (κ3) is 3.42. The number of hydrogen-bond acceptors (Lipinski definition) is 3. The fraction of sp³-hybridized carbons (Fsp3) is 0.923. The minimum atomic E-state index is 0.294. The van der Waals surface area contributed by atoms with E-state index in [1.54, 1.807) is 0 Å². The van der Waals surface area contributed by atoms with Gasteiger partial charge in [0.2, 0.25) is 5.91 Å². The van der Waals surface area contributed by atoms with Crippen LogP contribution in [0.3, 0.4) is 0 Å². The van der Waals surface area contributed by atoms with Crippen LogP contribution in [0.4, 0.5) is 0 Å². The Hall–Kier alpha value is -0.610. The van der Waals surface area contributed by atoms with Crippen molar-refractivity contribution in [1.82, 2.24) is 10.2 Å². The summed E-state index contributed by atoms with van der Waals surface area (Å²) < 4.78 is 5.74. The van der Waals surface area contributed by atoms with E-state index in [4.69, 9.17) is 4.74 Å². The first kappa shape index (κ1) is 12.8. The van der Waals surface area contributed by atoms with Gasteiger partial charge in [-0.15, -0.1) is 0 Å². The number of hydrogen-bond donors (Lipinski definition) is 1. The summed E-state index contributed by atoms with van der Waals surface area (Å²) in [5.41, 5.74) is 0. The summed E-state index contributed by atoms with van der Waals surface area (Å²) in [7, 11) is 0. The van der Waals surface area contributed by atoms with Crippen LogP contribution in [0.15, 0.2) is 0 Å². The Kier molecular flexibility index (Phi) is 4.40. The van der Waals surface area contributed by atoms with Crippen molar-refractivity contribution in [3.8, 4) is 0 Å². The maximum atomic E-state index is 12.1. The molecule has 3 atom stereocenters. The van der Waals surface area contributed by atoms with Gasteiger partial charge in [-0.2, -0.15) is 0 Å². The monoisotopic (exact) mass is 240 g/mol. The molecular weight excluding hydrogens is 216 g/mol. The Morgan fingerprint density at radius 1 is 1.41 bits per heavy atom. The molecule has 0 radical (unpaired) electrons. The third-order valence-electron chi connectivity index (χ3n) is 3.82. The van der Waals surface area contributed by atoms with Crippen LogP contribution in [0.5, 0.6) is 0 Å². The Balaban J connectivity index is 1.73. The predicted molar refractivity (Wildman–Crippen MR) is 66.8 cm³/mol. The number of ether oxygens (including phenoxy) is 1. The molecule has 0 aromatic carbocycles. The fourth-order valence-corrected chi connectivity index (χ4v) is 2.74. The van der Waals surface area contributed by atoms with Crippen LogP contribution in [0.25, 0.3) is 0 Å². The van der Waals surface area contributed by atoms with Gasteiger partial charge in [-0.25, -0.2) is 0 Å². The van der Waals surface area contributed by atoms with Gasteiger partial charge in [0, 0.05) is 32.1 Å². The molecule has 4 nitrogen and oxygen atoms in total. The zero-order valence-electron chi connectivity index (χ0n) is 10.9. The summed E-state index contributed by atoms with van der Waals surface area (Å²) in [6.45, 7) is 6.91. The standard InChI is InChI=1S/C13H24N2O2/c1-10-9-14-7-8-15(10)13(16)6-5-12-4-3-11(2)17-12/h10-12,14H,3-9H2,1-2H3. The van der Waals surface area contributed by atoms with Crippen LogP contribution in [0.2, 0.25) is 0 Å². The Bertz CT molecular complexity index is 270. The highest BCUT2D eigenvalue weighted by Crippen LogP contribution is 2.23. The molecule has 0 aromatic heterocycles. The zero-order valence-corrected chi connectivity index (χ0v) is 10.9. The van der Waals surface area contributed by atoms with Gasteiger partial charge in [-0.05, 0) is 33.1 Å². The number of nitrogens with zero attached hydrogens (tertiary/aromatic N) is 1. The number of carbonyl (C=O) groups excluding carboxylic acids is 1. The van der Waals surface area contributed by atoms with E-state index in [0.717, 1.165) is 38.9 Å². The van der Waals surface area contributed by atoms with Gasteiger partial charge < -0.3 is 15.0 Å². The number of rotatable bonds is 3. The number of amides is 1. The largest absolute Gasteiger partial charge is 0.375 e. The topological polar surface area (TPSA) is 41.6 Å². The van der Waals surface area contributed by atoms with Crippen molar-refractivity contribution in [2.45, 2.75) is 57.8 Å². The van der Waals surface area contributed by atoms with Crippen LogP contribution >= 0.6 is 0 Å². The third-order valence-corrected chi connectivity index (χ3v) is 3.82. The molecule has 98 valence electrons. The molecule has 2 fully saturated rings. The summed E-state index contributed by atoms with van der Waals surface area (Å²) in [6.07, 6.45) is 4.48. The Labute approximate surface area is 104 Å². The van der Waals surface area contributed by atoms with Crippen LogP contribution in [-0.4, -0.2) is 48.7 Å². The second kappa shape index (κ2) is 5.83. The fourth-order valence-electron chi connectivity index (χ4n) is 2.74. The molecular formula is C13H24N2O2. The SMILES string of the molecule is CC1CCC(CCC(=O)N2CCNCC2C)O1. The smallest absolute Gasteiger partial charge is 0.222 e. The minimum absolute atomic E-state index is 0.294. The molecule has 0 aliphatic carbocycles. The number of nitrogens with one attached hydrogen (secondary N) is 1. The average Bonchev–Trinajstić information content (AvgIpc) is 2.73. The van der Waals surface area contributed by atoms with Crippen molar-refractivity contribution in [2.75, 3.05) is 19.6 Å². The van der Waals surface area contributed by atoms with Gasteiger partial charge in [0.15, 0.2) is 0 Å². The molecule has 17 heavy (non-hydrogen) atoms. The highest BCUT2D eigenvalue weighted by atomic mass is 16.5. The van der Waals surface area contributed by atoms with Crippen molar-refractivity contribution < 1.29 is 9.53 Å². The molecule has 0 aromatic rings. The van der Waals surface area contributed by atoms with Gasteiger partial charge in [0.1, 0.15) is 0 Å². The number of piperazine rings is 1. The lowest BCUT2D eigenvalue weighted by Crippen LogP contribution is -2.52. The summed E-state index contributed by atoms with van der Waals surface area (Å²) in [5.74, 6) is 0.294. The molecule has 0 spiro atoms. The van der Waals surface area contributed by atoms with Crippen molar-refractivity contribution in [2.24, 2.45) is 0 Å². The summed E-state index contributed by atoms with van der Waals surface area (Å²) in [4.78, 5) is 14.1. The zero-order chi connectivity index (χ0) is 12.3. The quantitative estimate of drug-likeness (QED) is 0.804. The lowest BCUT2D eigenvalue weighted by Gasteiger charge is -2.34. The predicted octanol–water partition coefficient (Wildman–Crippen LogP) is 1.15. The molecule has 1 amide bonds. The number of carbonyl (C=O) groups is 1. The van der Waals surface area contributed by atoms with E-state index in [1.807, 2.05) is 4.90 Å². The van der Waals surface area contributed by atoms with Gasteiger partial charge in [-0.3, -0.25) is 4.79 Å². The van der Waals surface area contributed by atoms with E-state index >= 15 is 0 Å². The molecule has 3 unspecified atom stereocenters. The van der Waals surface area contributed by atoms with Crippen LogP contribution in [-0.2, 0) is 9.53 Å². The van der Waals surface area contributed by atoms with Crippen LogP contribution in [0, 0.1) is 0 Å². The van der Waals surface area contributed by atoms with E-state index in [0.29, 0.717) is 30.6 Å². The molecule has 0 bridgehead atoms. The lowest BCUT2D eigenvalue weighted by molar-refractivity contribution is -0.134. The summed E-state index contributed by atoms with van der Waals surface area (Å²) in [5, 5.41) is 3.30. The second-order valence-corrected chi connectivity index (χ2v) is 5.33. The van der Waals surface area contributed by atoms with E-state index < -0.39 is 0 Å². The van der Waals surface area contributed by atoms with Crippen molar-refractivity contribution in [1.29, 1.82) is 0 Å². The molecule has 2 rings (SSSR count). The maximum absolute atomic E-state index is 12.1. The van der Waals surface area contributed by atoms with Gasteiger partial charge in [-0.1, -0.05) is 0 Å². The lowest BCUT2D eigenvalue weighted by atomic mass is 10.1. The van der Waals surface area contributed by atoms with Crippen LogP contribution in [0.1, 0.15) is 39.5 Å². The van der Waals surface area contributed by atoms with E-state index in [-0.39, 0.29) is 0 Å². The van der Waals surface area contributed by atoms with E-state index in [9.17, 15) is 4.79 Å². The van der Waals surface area contributed by atoms with Gasteiger partial charge in [0.25, 0.3) is 0 Å². The van der Waals surface area contributed by atoms with E-state index in [1.165, 1.54) is 0 Å². The van der Waals surface area contributed by atoms with Crippen molar-refractivity contribution >= 4 is 5.91 Å². The summed E-state index contributed by atoms with van der Waals surface area (Å²) in [6, 6.07) is 0.333. The average molecular weight is 240 g/mol. The van der Waals surface area contributed by atoms with Crippen molar-refractivity contribution in [3.05, 3.63) is 0 Å². The van der Waals surface area contributed by atoms with E-state index in [2.05, 4.69) is 19.2 Å². The highest BCUT2D eigenvalue weighted by molar-refractivity contribution is 5.76. The van der Waals surface area contributed by atoms with Crippen molar-refractivity contribution in [3.63, 3.8) is 0 Å². The second-order valence-electron chi connectivity index (χ2n) is 5.33. The maximum Gasteiger partial charge on any atom is 0.222 e.